The molecule has 0 bridgehead atoms. The summed E-state index contributed by atoms with van der Waals surface area (Å²) in [6, 6.07) is 18.7. The minimum absolute atomic E-state index is 0.346. The smallest absolute Gasteiger partial charge is 0.138 e. The van der Waals surface area contributed by atoms with Crippen molar-refractivity contribution in [3.63, 3.8) is 0 Å². The van der Waals surface area contributed by atoms with E-state index in [4.69, 9.17) is 4.74 Å². The number of thiophene rings is 1. The fraction of sp³-hybridized carbons (Fsp3) is 0.190. The molecule has 3 heteroatoms. The van der Waals surface area contributed by atoms with Gasteiger partial charge in [0.1, 0.15) is 18.1 Å². The number of hydrogen-bond acceptors (Lipinski definition) is 3. The molecule has 1 aromatic heterocycles. The van der Waals surface area contributed by atoms with Gasteiger partial charge in [-0.25, -0.2) is 0 Å². The predicted octanol–water partition coefficient (Wildman–Crippen LogP) is 5.05. The number of rotatable bonds is 4. The highest BCUT2D eigenvalue weighted by molar-refractivity contribution is 7.14. The van der Waals surface area contributed by atoms with E-state index >= 15 is 0 Å². The van der Waals surface area contributed by atoms with Crippen molar-refractivity contribution in [2.75, 3.05) is 0 Å². The molecule has 120 valence electrons. The van der Waals surface area contributed by atoms with Gasteiger partial charge in [0.25, 0.3) is 0 Å². The van der Waals surface area contributed by atoms with Crippen molar-refractivity contribution < 1.29 is 9.53 Å². The van der Waals surface area contributed by atoms with Gasteiger partial charge in [0.05, 0.1) is 4.88 Å². The van der Waals surface area contributed by atoms with Crippen molar-refractivity contribution in [2.45, 2.75) is 25.9 Å². The summed E-state index contributed by atoms with van der Waals surface area (Å²) in [7, 11) is 0. The molecule has 24 heavy (non-hydrogen) atoms. The van der Waals surface area contributed by atoms with E-state index in [-0.39, 0.29) is 0 Å². The second kappa shape index (κ2) is 6.62. The molecule has 1 aliphatic carbocycles. The zero-order chi connectivity index (χ0) is 16.4. The number of ether oxygens (including phenoxy) is 1. The first-order chi connectivity index (χ1) is 11.8. The van der Waals surface area contributed by atoms with Gasteiger partial charge in [-0.15, -0.1) is 11.3 Å². The Bertz CT molecular complexity index is 865. The van der Waals surface area contributed by atoms with Gasteiger partial charge < -0.3 is 4.74 Å². The lowest BCUT2D eigenvalue weighted by molar-refractivity contribution is -0.118. The number of hydrogen-bond donors (Lipinski definition) is 0. The Morgan fingerprint density at radius 1 is 0.958 bits per heavy atom. The molecule has 0 N–H and O–H groups in total. The fourth-order valence-corrected chi connectivity index (χ4v) is 3.94. The molecule has 3 aromatic rings. The molecule has 1 aliphatic rings. The van der Waals surface area contributed by atoms with Crippen molar-refractivity contribution >= 4 is 17.1 Å². The summed E-state index contributed by atoms with van der Waals surface area (Å²) in [5.41, 5.74) is 4.83. The normalized spacial score (nSPS) is 13.6. The van der Waals surface area contributed by atoms with Crippen LogP contribution in [0.2, 0.25) is 0 Å². The average Bonchev–Trinajstić information content (AvgIpc) is 3.09. The predicted molar refractivity (Wildman–Crippen MR) is 97.6 cm³/mol. The highest BCUT2D eigenvalue weighted by atomic mass is 32.1. The Labute approximate surface area is 145 Å². The van der Waals surface area contributed by atoms with E-state index in [0.717, 1.165) is 17.0 Å². The van der Waals surface area contributed by atoms with Crippen LogP contribution in [0.25, 0.3) is 10.4 Å². The number of aryl methyl sites for hydroxylation is 1. The molecule has 1 heterocycles. The Kier molecular flexibility index (Phi) is 4.18. The van der Waals surface area contributed by atoms with Gasteiger partial charge in [-0.2, -0.15) is 0 Å². The largest absolute Gasteiger partial charge is 0.487 e. The number of ketones is 1. The molecule has 0 fully saturated rings. The van der Waals surface area contributed by atoms with Gasteiger partial charge in [0, 0.05) is 12.8 Å². The Morgan fingerprint density at radius 3 is 2.71 bits per heavy atom. The lowest BCUT2D eigenvalue weighted by atomic mass is 9.89. The molecule has 4 rings (SSSR count). The molecular formula is C21H18O2S. The van der Waals surface area contributed by atoms with E-state index < -0.39 is 0 Å². The van der Waals surface area contributed by atoms with Crippen molar-refractivity contribution in [2.24, 2.45) is 0 Å². The number of Topliss-reactive ketones (excluding diaryl/α,β-unsaturated/α-hetero) is 1. The first-order valence-corrected chi connectivity index (χ1v) is 9.05. The van der Waals surface area contributed by atoms with Gasteiger partial charge >= 0.3 is 0 Å². The van der Waals surface area contributed by atoms with Crippen LogP contribution >= 0.6 is 11.3 Å². The van der Waals surface area contributed by atoms with Crippen molar-refractivity contribution in [3.05, 3.63) is 76.7 Å². The summed E-state index contributed by atoms with van der Waals surface area (Å²) in [5.74, 6) is 1.27. The summed E-state index contributed by atoms with van der Waals surface area (Å²) in [4.78, 5) is 12.8. The zero-order valence-electron chi connectivity index (χ0n) is 13.3. The maximum Gasteiger partial charge on any atom is 0.138 e. The molecule has 0 aliphatic heterocycles. The SMILES string of the molecule is O=C1CCc2cc(-c3sccc3OCc3ccccc3)ccc2C1. The third-order valence-electron chi connectivity index (χ3n) is 4.40. The molecule has 0 radical (unpaired) electrons. The molecule has 0 atom stereocenters. The maximum atomic E-state index is 11.6. The van der Waals surface area contributed by atoms with Crippen LogP contribution < -0.4 is 4.74 Å². The standard InChI is InChI=1S/C21H18O2S/c22-19-9-8-16-12-18(7-6-17(16)13-19)21-20(10-11-24-21)23-14-15-4-2-1-3-5-15/h1-7,10-12H,8-9,13-14H2. The second-order valence-electron chi connectivity index (χ2n) is 6.09. The van der Waals surface area contributed by atoms with E-state index in [9.17, 15) is 4.79 Å². The summed E-state index contributed by atoms with van der Waals surface area (Å²) < 4.78 is 6.04. The maximum absolute atomic E-state index is 11.6. The van der Waals surface area contributed by atoms with Gasteiger partial charge in [-0.05, 0) is 46.2 Å². The van der Waals surface area contributed by atoms with Crippen LogP contribution in [0, 0.1) is 0 Å². The molecule has 2 nitrogen and oxygen atoms in total. The number of carbonyl (C=O) groups excluding carboxylic acids is 1. The second-order valence-corrected chi connectivity index (χ2v) is 7.00. The van der Waals surface area contributed by atoms with E-state index in [1.165, 1.54) is 22.3 Å². The zero-order valence-corrected chi connectivity index (χ0v) is 14.1. The van der Waals surface area contributed by atoms with Crippen LogP contribution in [-0.4, -0.2) is 5.78 Å². The molecular weight excluding hydrogens is 316 g/mol. The molecule has 2 aromatic carbocycles. The number of carbonyl (C=O) groups is 1. The minimum Gasteiger partial charge on any atom is -0.487 e. The van der Waals surface area contributed by atoms with Crippen molar-refractivity contribution in [1.82, 2.24) is 0 Å². The Balaban J connectivity index is 1.57. The van der Waals surface area contributed by atoms with E-state index in [0.29, 0.717) is 25.2 Å². The van der Waals surface area contributed by atoms with Gasteiger partial charge in [-0.3, -0.25) is 4.79 Å². The quantitative estimate of drug-likeness (QED) is 0.667. The average molecular weight is 334 g/mol. The van der Waals surface area contributed by atoms with E-state index in [1.807, 2.05) is 24.3 Å². The number of benzene rings is 2. The minimum atomic E-state index is 0.346. The van der Waals surface area contributed by atoms with Crippen LogP contribution in [0.15, 0.2) is 60.0 Å². The van der Waals surface area contributed by atoms with Crippen LogP contribution in [-0.2, 0) is 24.2 Å². The van der Waals surface area contributed by atoms with Crippen LogP contribution in [0.1, 0.15) is 23.1 Å². The fourth-order valence-electron chi connectivity index (χ4n) is 3.10. The first kappa shape index (κ1) is 15.2. The Hall–Kier alpha value is -2.39. The van der Waals surface area contributed by atoms with Gasteiger partial charge in [-0.1, -0.05) is 42.5 Å². The number of fused-ring (bicyclic) bond motifs is 1. The molecule has 0 unspecified atom stereocenters. The van der Waals surface area contributed by atoms with Crippen LogP contribution in [0.3, 0.4) is 0 Å². The molecule has 0 amide bonds. The Morgan fingerprint density at radius 2 is 1.83 bits per heavy atom. The van der Waals surface area contributed by atoms with Gasteiger partial charge in [0.15, 0.2) is 0 Å². The van der Waals surface area contributed by atoms with Crippen molar-refractivity contribution in [1.29, 1.82) is 0 Å². The van der Waals surface area contributed by atoms with Crippen molar-refractivity contribution in [3.8, 4) is 16.2 Å². The van der Waals surface area contributed by atoms with Gasteiger partial charge in [0.2, 0.25) is 0 Å². The first-order valence-electron chi connectivity index (χ1n) is 8.18. The van der Waals surface area contributed by atoms with Crippen LogP contribution in [0.4, 0.5) is 0 Å². The third kappa shape index (κ3) is 3.13. The van der Waals surface area contributed by atoms with E-state index in [2.05, 4.69) is 35.7 Å². The monoisotopic (exact) mass is 334 g/mol. The molecule has 0 saturated heterocycles. The molecule has 0 saturated carbocycles. The van der Waals surface area contributed by atoms with E-state index in [1.54, 1.807) is 11.3 Å². The molecule has 0 spiro atoms. The highest BCUT2D eigenvalue weighted by Gasteiger charge is 2.17. The lowest BCUT2D eigenvalue weighted by Crippen LogP contribution is -2.12. The summed E-state index contributed by atoms with van der Waals surface area (Å²) in [6.07, 6.45) is 2.10. The summed E-state index contributed by atoms with van der Waals surface area (Å²) >= 11 is 1.70. The lowest BCUT2D eigenvalue weighted by Gasteiger charge is -2.16. The summed E-state index contributed by atoms with van der Waals surface area (Å²) in [5, 5.41) is 2.07. The topological polar surface area (TPSA) is 26.3 Å². The highest BCUT2D eigenvalue weighted by Crippen LogP contribution is 2.37. The van der Waals surface area contributed by atoms with Crippen LogP contribution in [0.5, 0.6) is 5.75 Å². The third-order valence-corrected chi connectivity index (χ3v) is 5.34. The summed E-state index contributed by atoms with van der Waals surface area (Å²) in [6.45, 7) is 0.573.